The van der Waals surface area contributed by atoms with Crippen LogP contribution in [0.15, 0.2) is 18.2 Å². The maximum Gasteiger partial charge on any atom is 0.0545 e. The molecule has 4 N–H and O–H groups in total. The van der Waals surface area contributed by atoms with Gasteiger partial charge in [0.25, 0.3) is 0 Å². The summed E-state index contributed by atoms with van der Waals surface area (Å²) in [6, 6.07) is 8.81. The van der Waals surface area contributed by atoms with Crippen LogP contribution in [0.4, 0.5) is 0 Å². The first kappa shape index (κ1) is 27.6. The summed E-state index contributed by atoms with van der Waals surface area (Å²) in [5.41, 5.74) is 2.34. The summed E-state index contributed by atoms with van der Waals surface area (Å²) in [5, 5.41) is 15.2. The Hall–Kier alpha value is 0.613. The minimum Gasteiger partial charge on any atom is -0.358 e. The van der Waals surface area contributed by atoms with Crippen molar-refractivity contribution in [1.29, 1.82) is 0 Å². The van der Waals surface area contributed by atoms with Gasteiger partial charge in [-0.1, -0.05) is 31.7 Å². The van der Waals surface area contributed by atoms with Crippen LogP contribution in [-0.4, -0.2) is 42.2 Å². The molecule has 2 fully saturated rings. The largest absolute Gasteiger partial charge is 0.358 e. The Morgan fingerprint density at radius 3 is 1.45 bits per heavy atom. The second-order valence-electron chi connectivity index (χ2n) is 8.29. The average molecular weight is 516 g/mol. The van der Waals surface area contributed by atoms with Crippen LogP contribution in [0.5, 0.6) is 0 Å². The fraction of sp³-hybridized carbons (Fsp3) is 0.727. The zero-order valence-electron chi connectivity index (χ0n) is 17.9. The molecule has 0 spiro atoms. The van der Waals surface area contributed by atoms with Gasteiger partial charge in [-0.25, -0.2) is 0 Å². The third-order valence-corrected chi connectivity index (χ3v) is 6.43. The van der Waals surface area contributed by atoms with Gasteiger partial charge in [0.1, 0.15) is 0 Å². The molecule has 2 bridgehead atoms. The van der Waals surface area contributed by atoms with Crippen molar-refractivity contribution in [1.82, 2.24) is 26.3 Å². The Balaban J connectivity index is 0.00000140. The van der Waals surface area contributed by atoms with Gasteiger partial charge in [0.2, 0.25) is 0 Å². The summed E-state index contributed by atoms with van der Waals surface area (Å²) >= 11 is 0. The van der Waals surface area contributed by atoms with Crippen molar-refractivity contribution < 1.29 is 49.8 Å². The first-order chi connectivity index (χ1) is 12.9. The average Bonchev–Trinajstić information content (AvgIpc) is 2.69. The molecular weight excluding hydrogens is 478 g/mol. The maximum atomic E-state index is 4.89. The summed E-state index contributed by atoms with van der Waals surface area (Å²) in [7, 11) is 0. The predicted molar refractivity (Wildman–Crippen MR) is 112 cm³/mol. The first-order valence-electron chi connectivity index (χ1n) is 10.8. The molecule has 0 amide bonds. The van der Waals surface area contributed by atoms with Crippen LogP contribution in [-0.2, 0) is 62.9 Å². The summed E-state index contributed by atoms with van der Waals surface area (Å²) in [4.78, 5) is 4.89. The van der Waals surface area contributed by atoms with Gasteiger partial charge in [-0.15, -0.1) is 0 Å². The smallest absolute Gasteiger partial charge is 0.0545 e. The molecule has 29 heavy (non-hydrogen) atoms. The van der Waals surface area contributed by atoms with Crippen molar-refractivity contribution >= 4 is 0 Å². The number of nitrogens with one attached hydrogen (secondary N) is 4. The van der Waals surface area contributed by atoms with Crippen molar-refractivity contribution in [3.63, 3.8) is 0 Å². The van der Waals surface area contributed by atoms with E-state index in [1.165, 1.54) is 62.8 Å². The van der Waals surface area contributed by atoms with Crippen LogP contribution in [0.1, 0.15) is 62.8 Å². The third kappa shape index (κ3) is 8.23. The molecule has 7 heteroatoms. The topological polar surface area (TPSA) is 61.0 Å². The van der Waals surface area contributed by atoms with E-state index < -0.39 is 0 Å². The van der Waals surface area contributed by atoms with Gasteiger partial charge in [-0.05, 0) is 37.8 Å². The zero-order valence-corrected chi connectivity index (χ0v) is 21.9. The van der Waals surface area contributed by atoms with E-state index >= 15 is 0 Å². The SMILES string of the molecule is [CH3-].[Mn].[Y].c1cc2nc(c1)CN[C@@H]1CCCC[C@H]1NCCN[C@@H]1CCCC[C@H]1NC2. The third-order valence-electron chi connectivity index (χ3n) is 6.43. The van der Waals surface area contributed by atoms with E-state index in [0.717, 1.165) is 26.2 Å². The van der Waals surface area contributed by atoms with E-state index in [0.29, 0.717) is 24.2 Å². The number of hydrogen-bond acceptors (Lipinski definition) is 5. The molecule has 2 aliphatic carbocycles. The fourth-order valence-corrected chi connectivity index (χ4v) is 4.95. The molecule has 0 aromatic carbocycles. The second-order valence-corrected chi connectivity index (χ2v) is 8.29. The van der Waals surface area contributed by atoms with Crippen molar-refractivity contribution in [2.24, 2.45) is 0 Å². The Morgan fingerprint density at radius 2 is 1.03 bits per heavy atom. The number of nitrogens with zero attached hydrogens (tertiary/aromatic N) is 1. The summed E-state index contributed by atoms with van der Waals surface area (Å²) in [6.07, 6.45) is 10.5. The van der Waals surface area contributed by atoms with Gasteiger partial charge in [-0.2, -0.15) is 0 Å². The van der Waals surface area contributed by atoms with E-state index in [9.17, 15) is 0 Å². The summed E-state index contributed by atoms with van der Waals surface area (Å²) < 4.78 is 0. The number of pyridine rings is 1. The standard InChI is InChI=1S/C21H35N5.CH3.Mn.Y/c1-3-10-20-18(8-1)22-12-13-23-19-9-2-4-11-21(19)25-15-17-7-5-6-16(26-17)14-24-20;;;/h5-7,18-25H,1-4,8-15H2;1H3;;/q;-1;;/t18-,19-,20-,21-;;;/m1.../s1. The van der Waals surface area contributed by atoms with Crippen LogP contribution < -0.4 is 21.3 Å². The number of fused-ring (bicyclic) bond motifs is 4. The van der Waals surface area contributed by atoms with E-state index in [1.54, 1.807) is 0 Å². The molecule has 162 valence electrons. The Labute approximate surface area is 213 Å². The van der Waals surface area contributed by atoms with Gasteiger partial charge in [0, 0.05) is 100 Å². The molecule has 4 atom stereocenters. The molecule has 3 aliphatic rings. The molecule has 1 aromatic rings. The van der Waals surface area contributed by atoms with Crippen LogP contribution >= 0.6 is 0 Å². The molecule has 2 radical (unpaired) electrons. The number of aromatic nitrogens is 1. The van der Waals surface area contributed by atoms with E-state index in [2.05, 4.69) is 39.5 Å². The zero-order chi connectivity index (χ0) is 17.6. The van der Waals surface area contributed by atoms with Crippen LogP contribution in [0.3, 0.4) is 0 Å². The van der Waals surface area contributed by atoms with E-state index in [1.807, 2.05) is 0 Å². The van der Waals surface area contributed by atoms with Gasteiger partial charge in [-0.3, -0.25) is 4.98 Å². The fourth-order valence-electron chi connectivity index (χ4n) is 4.95. The van der Waals surface area contributed by atoms with Crippen LogP contribution in [0.25, 0.3) is 0 Å². The van der Waals surface area contributed by atoms with Crippen LogP contribution in [0.2, 0.25) is 0 Å². The van der Waals surface area contributed by atoms with Crippen molar-refractivity contribution in [3.05, 3.63) is 37.0 Å². The van der Waals surface area contributed by atoms with E-state index in [-0.39, 0.29) is 57.2 Å². The normalized spacial score (nSPS) is 30.5. The molecule has 0 unspecified atom stereocenters. The number of rotatable bonds is 0. The molecule has 4 rings (SSSR count). The van der Waals surface area contributed by atoms with E-state index in [4.69, 9.17) is 4.98 Å². The molecule has 1 aromatic heterocycles. The summed E-state index contributed by atoms with van der Waals surface area (Å²) in [5.74, 6) is 0. The monoisotopic (exact) mass is 516 g/mol. The van der Waals surface area contributed by atoms with Gasteiger partial charge < -0.3 is 28.7 Å². The number of hydrogen-bond donors (Lipinski definition) is 4. The van der Waals surface area contributed by atoms with Crippen LogP contribution in [0, 0.1) is 7.43 Å². The molecule has 2 heterocycles. The minimum atomic E-state index is 0. The Kier molecular flexibility index (Phi) is 14.0. The Bertz CT molecular complexity index is 531. The first-order valence-corrected chi connectivity index (χ1v) is 10.8. The maximum absolute atomic E-state index is 4.89. The second kappa shape index (κ2) is 14.6. The molecule has 0 saturated heterocycles. The molecular formula is C22H38MnN5Y-. The summed E-state index contributed by atoms with van der Waals surface area (Å²) in [6.45, 7) is 3.89. The van der Waals surface area contributed by atoms with Crippen molar-refractivity contribution in [3.8, 4) is 0 Å². The Morgan fingerprint density at radius 1 is 0.655 bits per heavy atom. The predicted octanol–water partition coefficient (Wildman–Crippen LogP) is 2.52. The minimum absolute atomic E-state index is 0. The van der Waals surface area contributed by atoms with Crippen molar-refractivity contribution in [2.45, 2.75) is 88.6 Å². The van der Waals surface area contributed by atoms with Gasteiger partial charge in [0.05, 0.1) is 11.4 Å². The molecule has 5 nitrogen and oxygen atoms in total. The molecule has 2 saturated carbocycles. The van der Waals surface area contributed by atoms with Gasteiger partial charge >= 0.3 is 0 Å². The quantitative estimate of drug-likeness (QED) is 0.316. The van der Waals surface area contributed by atoms with Gasteiger partial charge in [0.15, 0.2) is 0 Å². The van der Waals surface area contributed by atoms with Crippen molar-refractivity contribution in [2.75, 3.05) is 13.1 Å². The molecule has 1 aliphatic heterocycles.